The summed E-state index contributed by atoms with van der Waals surface area (Å²) in [5.74, 6) is -4.35. The van der Waals surface area contributed by atoms with Gasteiger partial charge in [0.25, 0.3) is 0 Å². The predicted octanol–water partition coefficient (Wildman–Crippen LogP) is 1.47. The summed E-state index contributed by atoms with van der Waals surface area (Å²) in [7, 11) is 0. The molecule has 10 heteroatoms. The van der Waals surface area contributed by atoms with E-state index >= 15 is 0 Å². The van der Waals surface area contributed by atoms with Gasteiger partial charge in [0, 0.05) is 22.3 Å². The molecule has 3 aromatic carbocycles. The highest BCUT2D eigenvalue weighted by atomic mass is 16.4. The maximum absolute atomic E-state index is 13.5. The van der Waals surface area contributed by atoms with Gasteiger partial charge in [0.2, 0.25) is 0 Å². The number of carboxylic acids is 2. The van der Waals surface area contributed by atoms with Gasteiger partial charge in [-0.15, -0.1) is 0 Å². The van der Waals surface area contributed by atoms with Crippen molar-refractivity contribution in [2.24, 2.45) is 11.5 Å². The Morgan fingerprint density at radius 2 is 0.972 bits per heavy atom. The molecule has 0 saturated heterocycles. The van der Waals surface area contributed by atoms with Crippen molar-refractivity contribution in [3.8, 4) is 11.5 Å². The van der Waals surface area contributed by atoms with Crippen molar-refractivity contribution in [2.75, 3.05) is 0 Å². The van der Waals surface area contributed by atoms with Crippen LogP contribution in [0, 0.1) is 0 Å². The van der Waals surface area contributed by atoms with Gasteiger partial charge in [-0.1, -0.05) is 36.4 Å². The molecule has 0 fully saturated rings. The Morgan fingerprint density at radius 3 is 1.31 bits per heavy atom. The summed E-state index contributed by atoms with van der Waals surface area (Å²) < 4.78 is 0. The molecule has 36 heavy (non-hydrogen) atoms. The lowest BCUT2D eigenvalue weighted by atomic mass is 9.88. The third kappa shape index (κ3) is 5.74. The van der Waals surface area contributed by atoms with E-state index in [2.05, 4.69) is 0 Å². The fourth-order valence-corrected chi connectivity index (χ4v) is 3.73. The highest BCUT2D eigenvalue weighted by Gasteiger charge is 2.25. The van der Waals surface area contributed by atoms with Gasteiger partial charge in [-0.2, -0.15) is 0 Å². The lowest BCUT2D eigenvalue weighted by molar-refractivity contribution is -0.139. The zero-order chi connectivity index (χ0) is 26.6. The molecule has 0 aliphatic heterocycles. The monoisotopic (exact) mass is 492 g/mol. The molecule has 0 aliphatic rings. The molecule has 8 N–H and O–H groups in total. The number of rotatable bonds is 10. The maximum Gasteiger partial charge on any atom is 0.320 e. The number of benzene rings is 3. The van der Waals surface area contributed by atoms with Crippen LogP contribution >= 0.6 is 0 Å². The Morgan fingerprint density at radius 1 is 0.611 bits per heavy atom. The molecule has 3 aromatic rings. The molecule has 0 radical (unpaired) electrons. The zero-order valence-corrected chi connectivity index (χ0v) is 18.9. The molecule has 0 spiro atoms. The number of aromatic hydroxyl groups is 2. The SMILES string of the molecule is NC(Cc1ccc(O)cc1C(=O)c1ccccc1C(=O)c1cc(O)ccc1CC(N)C(=O)O)C(=O)O. The van der Waals surface area contributed by atoms with Crippen molar-refractivity contribution in [2.45, 2.75) is 24.9 Å². The van der Waals surface area contributed by atoms with E-state index in [1.54, 1.807) is 0 Å². The van der Waals surface area contributed by atoms with Crippen LogP contribution in [0.25, 0.3) is 0 Å². The molecular formula is C26H24N2O8. The number of ketones is 2. The lowest BCUT2D eigenvalue weighted by Crippen LogP contribution is -2.33. The number of phenols is 2. The van der Waals surface area contributed by atoms with Crippen LogP contribution in [0.3, 0.4) is 0 Å². The predicted molar refractivity (Wildman–Crippen MR) is 128 cm³/mol. The van der Waals surface area contributed by atoms with Crippen molar-refractivity contribution >= 4 is 23.5 Å². The average molecular weight is 492 g/mol. The van der Waals surface area contributed by atoms with E-state index in [-0.39, 0.29) is 57.7 Å². The Balaban J connectivity index is 2.09. The van der Waals surface area contributed by atoms with Crippen LogP contribution in [0.5, 0.6) is 11.5 Å². The third-order valence-electron chi connectivity index (χ3n) is 5.61. The molecule has 0 heterocycles. The molecule has 186 valence electrons. The third-order valence-corrected chi connectivity index (χ3v) is 5.61. The molecule has 3 rings (SSSR count). The van der Waals surface area contributed by atoms with Crippen molar-refractivity contribution in [1.29, 1.82) is 0 Å². The molecule has 0 saturated carbocycles. The van der Waals surface area contributed by atoms with E-state index in [1.165, 1.54) is 60.7 Å². The van der Waals surface area contributed by atoms with Crippen LogP contribution in [-0.2, 0) is 22.4 Å². The molecule has 0 amide bonds. The average Bonchev–Trinajstić information content (AvgIpc) is 2.85. The normalized spacial score (nSPS) is 12.5. The minimum atomic E-state index is -1.30. The van der Waals surface area contributed by atoms with E-state index in [1.807, 2.05) is 0 Å². The minimum Gasteiger partial charge on any atom is -0.508 e. The molecule has 10 nitrogen and oxygen atoms in total. The summed E-state index contributed by atoms with van der Waals surface area (Å²) in [6, 6.07) is 10.9. The number of aliphatic carboxylic acids is 2. The summed E-state index contributed by atoms with van der Waals surface area (Å²) in [5.41, 5.74) is 11.6. The standard InChI is InChI=1S/C26H24N2O8/c27-21(25(33)34)9-13-5-7-15(29)11-19(13)23(31)17-3-1-2-4-18(17)24(32)20-12-16(30)8-6-14(20)10-22(28)26(35)36/h1-8,11-12,21-22,29-30H,9-10,27-28H2,(H,33,34)(H,35,36). The minimum absolute atomic E-state index is 0.0315. The molecule has 2 unspecified atom stereocenters. The van der Waals surface area contributed by atoms with Gasteiger partial charge in [0.05, 0.1) is 0 Å². The van der Waals surface area contributed by atoms with Crippen molar-refractivity contribution < 1.29 is 39.6 Å². The zero-order valence-electron chi connectivity index (χ0n) is 18.9. The van der Waals surface area contributed by atoms with Gasteiger partial charge in [0.15, 0.2) is 11.6 Å². The van der Waals surface area contributed by atoms with Crippen LogP contribution in [0.1, 0.15) is 43.0 Å². The quantitative estimate of drug-likeness (QED) is 0.225. The second-order valence-corrected chi connectivity index (χ2v) is 8.18. The topological polar surface area (TPSA) is 201 Å². The van der Waals surface area contributed by atoms with Crippen LogP contribution in [0.15, 0.2) is 60.7 Å². The highest BCUT2D eigenvalue weighted by molar-refractivity contribution is 6.20. The highest BCUT2D eigenvalue weighted by Crippen LogP contribution is 2.27. The molecule has 0 bridgehead atoms. The van der Waals surface area contributed by atoms with E-state index in [0.717, 1.165) is 0 Å². The fraction of sp³-hybridized carbons (Fsp3) is 0.154. The summed E-state index contributed by atoms with van der Waals surface area (Å²) in [5, 5.41) is 38.3. The Kier molecular flexibility index (Phi) is 7.83. The first-order valence-electron chi connectivity index (χ1n) is 10.8. The summed E-state index contributed by atoms with van der Waals surface area (Å²) in [6.45, 7) is 0. The van der Waals surface area contributed by atoms with Crippen LogP contribution in [-0.4, -0.2) is 56.0 Å². The second-order valence-electron chi connectivity index (χ2n) is 8.18. The second kappa shape index (κ2) is 10.8. The van der Waals surface area contributed by atoms with E-state index < -0.39 is 35.6 Å². The van der Waals surface area contributed by atoms with E-state index in [4.69, 9.17) is 21.7 Å². The number of phenolic OH excluding ortho intramolecular Hbond substituents is 2. The van der Waals surface area contributed by atoms with Gasteiger partial charge in [-0.25, -0.2) is 0 Å². The first-order valence-corrected chi connectivity index (χ1v) is 10.8. The summed E-state index contributed by atoms with van der Waals surface area (Å²) in [4.78, 5) is 49.6. The molecular weight excluding hydrogens is 468 g/mol. The summed E-state index contributed by atoms with van der Waals surface area (Å²) >= 11 is 0. The molecule has 2 atom stereocenters. The van der Waals surface area contributed by atoms with Gasteiger partial charge in [-0.05, 0) is 48.2 Å². The van der Waals surface area contributed by atoms with Crippen LogP contribution in [0.2, 0.25) is 0 Å². The Labute approximate surface area is 205 Å². The number of carboxylic acid groups (broad SMARTS) is 2. The van der Waals surface area contributed by atoms with Gasteiger partial charge in [0.1, 0.15) is 23.6 Å². The first kappa shape index (κ1) is 26.1. The van der Waals surface area contributed by atoms with E-state index in [0.29, 0.717) is 0 Å². The van der Waals surface area contributed by atoms with Gasteiger partial charge in [-0.3, -0.25) is 19.2 Å². The maximum atomic E-state index is 13.5. The number of carbonyl (C=O) groups excluding carboxylic acids is 2. The number of carbonyl (C=O) groups is 4. The lowest BCUT2D eigenvalue weighted by Gasteiger charge is -2.15. The Hall–Kier alpha value is -4.54. The fourth-order valence-electron chi connectivity index (χ4n) is 3.73. The smallest absolute Gasteiger partial charge is 0.320 e. The van der Waals surface area contributed by atoms with Crippen LogP contribution in [0.4, 0.5) is 0 Å². The van der Waals surface area contributed by atoms with Gasteiger partial charge < -0.3 is 31.9 Å². The van der Waals surface area contributed by atoms with Gasteiger partial charge >= 0.3 is 11.9 Å². The van der Waals surface area contributed by atoms with E-state index in [9.17, 15) is 29.4 Å². The summed E-state index contributed by atoms with van der Waals surface area (Å²) in [6.07, 6.45) is -0.396. The Bertz CT molecular complexity index is 1250. The molecule has 0 aromatic heterocycles. The number of nitrogens with two attached hydrogens (primary N) is 2. The van der Waals surface area contributed by atoms with Crippen LogP contribution < -0.4 is 11.5 Å². The first-order chi connectivity index (χ1) is 17.0. The van der Waals surface area contributed by atoms with Crippen molar-refractivity contribution in [3.63, 3.8) is 0 Å². The molecule has 0 aliphatic carbocycles. The van der Waals surface area contributed by atoms with Crippen molar-refractivity contribution in [1.82, 2.24) is 0 Å². The number of hydrogen-bond acceptors (Lipinski definition) is 8. The van der Waals surface area contributed by atoms with Crippen molar-refractivity contribution in [3.05, 3.63) is 94.0 Å². The largest absolute Gasteiger partial charge is 0.508 e. The number of hydrogen-bond donors (Lipinski definition) is 6.